The molecule has 0 aliphatic rings. The summed E-state index contributed by atoms with van der Waals surface area (Å²) in [6.45, 7) is 3.48. The maximum absolute atomic E-state index is 13.0. The topological polar surface area (TPSA) is 50.1 Å². The van der Waals surface area contributed by atoms with Crippen molar-refractivity contribution in [2.75, 3.05) is 6.61 Å². The minimum atomic E-state index is -0.669. The number of halogens is 1. The first-order valence-electron chi connectivity index (χ1n) is 5.13. The van der Waals surface area contributed by atoms with Crippen LogP contribution in [0.25, 0.3) is 6.08 Å². The van der Waals surface area contributed by atoms with Gasteiger partial charge in [0, 0.05) is 0 Å². The number of aryl methyl sites for hydroxylation is 1. The van der Waals surface area contributed by atoms with Crippen molar-refractivity contribution in [2.45, 2.75) is 13.8 Å². The highest BCUT2D eigenvalue weighted by atomic mass is 19.1. The molecule has 0 saturated heterocycles. The average molecular weight is 233 g/mol. The lowest BCUT2D eigenvalue weighted by Gasteiger charge is -2.01. The number of hydrogen-bond acceptors (Lipinski definition) is 3. The minimum Gasteiger partial charge on any atom is -0.462 e. The third-order valence-corrected chi connectivity index (χ3v) is 2.11. The zero-order chi connectivity index (χ0) is 12.8. The highest BCUT2D eigenvalue weighted by Crippen LogP contribution is 2.13. The van der Waals surface area contributed by atoms with E-state index < -0.39 is 5.97 Å². The fourth-order valence-corrected chi connectivity index (χ4v) is 1.27. The lowest BCUT2D eigenvalue weighted by molar-refractivity contribution is -0.137. The van der Waals surface area contributed by atoms with Crippen LogP contribution >= 0.6 is 0 Å². The second-order valence-electron chi connectivity index (χ2n) is 3.40. The second-order valence-corrected chi connectivity index (χ2v) is 3.40. The van der Waals surface area contributed by atoms with Crippen LogP contribution in [0.3, 0.4) is 0 Å². The number of carbonyl (C=O) groups is 1. The Kier molecular flexibility index (Phi) is 4.41. The Morgan fingerprint density at radius 3 is 2.82 bits per heavy atom. The van der Waals surface area contributed by atoms with Gasteiger partial charge in [0.1, 0.15) is 17.5 Å². The molecule has 0 aromatic heterocycles. The van der Waals surface area contributed by atoms with Gasteiger partial charge in [-0.05, 0) is 43.2 Å². The van der Waals surface area contributed by atoms with Crippen LogP contribution in [0.15, 0.2) is 23.8 Å². The summed E-state index contributed by atoms with van der Waals surface area (Å²) in [5.74, 6) is -0.992. The molecule has 0 radical (unpaired) electrons. The van der Waals surface area contributed by atoms with Gasteiger partial charge in [0.2, 0.25) is 0 Å². The van der Waals surface area contributed by atoms with E-state index in [9.17, 15) is 9.18 Å². The first-order chi connectivity index (χ1) is 8.08. The molecule has 4 heteroatoms. The third kappa shape index (κ3) is 3.42. The lowest BCUT2D eigenvalue weighted by Crippen LogP contribution is -2.06. The van der Waals surface area contributed by atoms with Gasteiger partial charge in [0.25, 0.3) is 0 Å². The van der Waals surface area contributed by atoms with Gasteiger partial charge in [-0.1, -0.05) is 6.07 Å². The van der Waals surface area contributed by atoms with E-state index in [1.54, 1.807) is 26.0 Å². The largest absolute Gasteiger partial charge is 0.462 e. The van der Waals surface area contributed by atoms with Crippen LogP contribution in [0, 0.1) is 24.1 Å². The zero-order valence-electron chi connectivity index (χ0n) is 9.66. The zero-order valence-corrected chi connectivity index (χ0v) is 9.66. The van der Waals surface area contributed by atoms with Gasteiger partial charge >= 0.3 is 5.97 Å². The molecule has 0 heterocycles. The second kappa shape index (κ2) is 5.80. The molecule has 1 aromatic rings. The molecular weight excluding hydrogens is 221 g/mol. The summed E-state index contributed by atoms with van der Waals surface area (Å²) in [5.41, 5.74) is 0.950. The Morgan fingerprint density at radius 1 is 1.59 bits per heavy atom. The summed E-state index contributed by atoms with van der Waals surface area (Å²) in [6.07, 6.45) is 1.38. The van der Waals surface area contributed by atoms with E-state index in [0.29, 0.717) is 11.1 Å². The molecule has 0 fully saturated rings. The van der Waals surface area contributed by atoms with E-state index in [0.717, 1.165) is 0 Å². The number of carbonyl (C=O) groups excluding carboxylic acids is 1. The van der Waals surface area contributed by atoms with Gasteiger partial charge in [-0.3, -0.25) is 0 Å². The van der Waals surface area contributed by atoms with Crippen molar-refractivity contribution >= 4 is 12.0 Å². The summed E-state index contributed by atoms with van der Waals surface area (Å²) in [5, 5.41) is 8.82. The Morgan fingerprint density at radius 2 is 2.29 bits per heavy atom. The minimum absolute atomic E-state index is 0.0992. The molecule has 1 aromatic carbocycles. The first-order valence-corrected chi connectivity index (χ1v) is 5.13. The molecule has 3 nitrogen and oxygen atoms in total. The molecule has 0 saturated carbocycles. The number of ether oxygens (including phenoxy) is 1. The van der Waals surface area contributed by atoms with E-state index in [-0.39, 0.29) is 18.0 Å². The van der Waals surface area contributed by atoms with Gasteiger partial charge < -0.3 is 4.74 Å². The van der Waals surface area contributed by atoms with Gasteiger partial charge in [0.15, 0.2) is 0 Å². The quantitative estimate of drug-likeness (QED) is 0.458. The molecule has 1 rings (SSSR count). The summed E-state index contributed by atoms with van der Waals surface area (Å²) in [7, 11) is 0. The lowest BCUT2D eigenvalue weighted by atomic mass is 10.1. The molecule has 0 unspecified atom stereocenters. The van der Waals surface area contributed by atoms with Crippen LogP contribution in [0.2, 0.25) is 0 Å². The van der Waals surface area contributed by atoms with E-state index >= 15 is 0 Å². The van der Waals surface area contributed by atoms with E-state index in [2.05, 4.69) is 0 Å². The van der Waals surface area contributed by atoms with Gasteiger partial charge in [0.05, 0.1) is 6.61 Å². The molecule has 0 aliphatic heterocycles. The van der Waals surface area contributed by atoms with Crippen molar-refractivity contribution in [1.82, 2.24) is 0 Å². The predicted octanol–water partition coefficient (Wildman–Crippen LogP) is 2.60. The number of nitriles is 1. The van der Waals surface area contributed by atoms with Crippen molar-refractivity contribution in [3.05, 3.63) is 40.7 Å². The summed E-state index contributed by atoms with van der Waals surface area (Å²) in [6, 6.07) is 6.12. The molecule has 88 valence electrons. The monoisotopic (exact) mass is 233 g/mol. The van der Waals surface area contributed by atoms with Crippen molar-refractivity contribution < 1.29 is 13.9 Å². The van der Waals surface area contributed by atoms with E-state index in [1.165, 1.54) is 18.2 Å². The smallest absolute Gasteiger partial charge is 0.348 e. The fraction of sp³-hybridized carbons (Fsp3) is 0.231. The van der Waals surface area contributed by atoms with Crippen LogP contribution < -0.4 is 0 Å². The first kappa shape index (κ1) is 12.9. The Balaban J connectivity index is 3.03. The van der Waals surface area contributed by atoms with Crippen LogP contribution in [0.1, 0.15) is 18.1 Å². The van der Waals surface area contributed by atoms with Crippen molar-refractivity contribution in [3.63, 3.8) is 0 Å². The number of hydrogen-bond donors (Lipinski definition) is 0. The standard InChI is InChI=1S/C13H12FNO2/c1-3-17-13(16)11(8-15)7-10-4-5-12(14)9(2)6-10/h4-7H,3H2,1-2H3/b11-7-. The van der Waals surface area contributed by atoms with Crippen LogP contribution in [-0.2, 0) is 9.53 Å². The summed E-state index contributed by atoms with van der Waals surface area (Å²) >= 11 is 0. The SMILES string of the molecule is CCOC(=O)/C(C#N)=C\c1ccc(F)c(C)c1. The average Bonchev–Trinajstić information content (AvgIpc) is 2.30. The van der Waals surface area contributed by atoms with Crippen molar-refractivity contribution in [3.8, 4) is 6.07 Å². The predicted molar refractivity (Wildman–Crippen MR) is 61.4 cm³/mol. The normalized spacial score (nSPS) is 10.8. The molecule has 0 bridgehead atoms. The van der Waals surface area contributed by atoms with Crippen molar-refractivity contribution in [2.24, 2.45) is 0 Å². The highest BCUT2D eigenvalue weighted by Gasteiger charge is 2.09. The maximum Gasteiger partial charge on any atom is 0.348 e. The molecule has 0 N–H and O–H groups in total. The fourth-order valence-electron chi connectivity index (χ4n) is 1.27. The summed E-state index contributed by atoms with van der Waals surface area (Å²) in [4.78, 5) is 11.3. The van der Waals surface area contributed by atoms with Gasteiger partial charge in [-0.2, -0.15) is 5.26 Å². The number of esters is 1. The molecule has 17 heavy (non-hydrogen) atoms. The van der Waals surface area contributed by atoms with Crippen molar-refractivity contribution in [1.29, 1.82) is 5.26 Å². The summed E-state index contributed by atoms with van der Waals surface area (Å²) < 4.78 is 17.7. The number of benzene rings is 1. The molecule has 0 atom stereocenters. The Hall–Kier alpha value is -2.15. The molecular formula is C13H12FNO2. The van der Waals surface area contributed by atoms with E-state index in [4.69, 9.17) is 10.00 Å². The van der Waals surface area contributed by atoms with Crippen LogP contribution in [-0.4, -0.2) is 12.6 Å². The number of rotatable bonds is 3. The molecule has 0 aliphatic carbocycles. The van der Waals surface area contributed by atoms with Gasteiger partial charge in [-0.25, -0.2) is 9.18 Å². The molecule has 0 spiro atoms. The maximum atomic E-state index is 13.0. The molecule has 0 amide bonds. The van der Waals surface area contributed by atoms with Gasteiger partial charge in [-0.15, -0.1) is 0 Å². The third-order valence-electron chi connectivity index (χ3n) is 2.11. The van der Waals surface area contributed by atoms with Crippen LogP contribution in [0.4, 0.5) is 4.39 Å². The van der Waals surface area contributed by atoms with E-state index in [1.807, 2.05) is 0 Å². The highest BCUT2D eigenvalue weighted by molar-refractivity contribution is 5.97. The Bertz CT molecular complexity index is 501. The Labute approximate surface area is 99.1 Å². The van der Waals surface area contributed by atoms with Crippen LogP contribution in [0.5, 0.6) is 0 Å². The number of nitrogens with zero attached hydrogens (tertiary/aromatic N) is 1.